The first kappa shape index (κ1) is 16.0. The Morgan fingerprint density at radius 2 is 1.79 bits per heavy atom. The van der Waals surface area contributed by atoms with E-state index in [0.29, 0.717) is 0 Å². The van der Waals surface area contributed by atoms with Crippen molar-refractivity contribution in [3.05, 3.63) is 12.8 Å². The summed E-state index contributed by atoms with van der Waals surface area (Å²) >= 11 is 0. The minimum Gasteiger partial charge on any atom is -0.391 e. The van der Waals surface area contributed by atoms with Crippen molar-refractivity contribution in [2.24, 2.45) is 5.92 Å². The van der Waals surface area contributed by atoms with E-state index < -0.39 is 0 Å². The topological polar surface area (TPSA) is 12.0 Å². The third-order valence-electron chi connectivity index (χ3n) is 1.94. The Balaban J connectivity index is 0. The molecule has 0 fully saturated rings. The molecule has 0 aromatic carbocycles. The van der Waals surface area contributed by atoms with E-state index in [-0.39, 0.29) is 0 Å². The molecule has 1 nitrogen and oxygen atoms in total. The van der Waals surface area contributed by atoms with Crippen molar-refractivity contribution in [2.45, 2.75) is 59.8 Å². The number of unbranched alkanes of at least 4 members (excludes halogenated alkanes) is 2. The lowest BCUT2D eigenvalue weighted by Crippen LogP contribution is -2.05. The minimum atomic E-state index is 0.898. The van der Waals surface area contributed by atoms with Crippen molar-refractivity contribution >= 4 is 0 Å². The fraction of sp³-hybridized carbons (Fsp3) is 0.846. The summed E-state index contributed by atoms with van der Waals surface area (Å²) in [6, 6.07) is 0. The molecule has 0 aliphatic rings. The molecule has 86 valence electrons. The van der Waals surface area contributed by atoms with Gasteiger partial charge in [-0.15, -0.1) is 0 Å². The number of hydrogen-bond acceptors (Lipinski definition) is 1. The lowest BCUT2D eigenvalue weighted by atomic mass is 10.1. The number of hydrogen-bond donors (Lipinski definition) is 1. The second kappa shape index (κ2) is 15.0. The molecule has 0 atom stereocenters. The zero-order chi connectivity index (χ0) is 11.2. The average molecular weight is 199 g/mol. The third kappa shape index (κ3) is 22.5. The molecule has 0 aromatic heterocycles. The van der Waals surface area contributed by atoms with Crippen molar-refractivity contribution in [2.75, 3.05) is 6.54 Å². The van der Waals surface area contributed by atoms with Crippen molar-refractivity contribution in [1.29, 1.82) is 0 Å². The quantitative estimate of drug-likeness (QED) is 0.601. The van der Waals surface area contributed by atoms with Gasteiger partial charge in [0, 0.05) is 6.54 Å². The monoisotopic (exact) mass is 199 g/mol. The summed E-state index contributed by atoms with van der Waals surface area (Å²) in [6.07, 6.45) is 8.33. The van der Waals surface area contributed by atoms with Gasteiger partial charge in [-0.05, 0) is 18.5 Å². The van der Waals surface area contributed by atoms with Crippen LogP contribution in [0.4, 0.5) is 0 Å². The minimum absolute atomic E-state index is 0.898. The van der Waals surface area contributed by atoms with Gasteiger partial charge in [0.05, 0.1) is 0 Å². The molecular weight excluding hydrogens is 170 g/mol. The zero-order valence-corrected chi connectivity index (χ0v) is 10.6. The van der Waals surface area contributed by atoms with E-state index in [1.807, 2.05) is 0 Å². The predicted molar refractivity (Wildman–Crippen MR) is 67.5 cm³/mol. The molecule has 14 heavy (non-hydrogen) atoms. The Morgan fingerprint density at radius 3 is 2.07 bits per heavy atom. The Morgan fingerprint density at radius 1 is 1.14 bits per heavy atom. The maximum atomic E-state index is 3.55. The van der Waals surface area contributed by atoms with Crippen LogP contribution in [0.5, 0.6) is 0 Å². The average Bonchev–Trinajstić information content (AvgIpc) is 2.13. The lowest BCUT2D eigenvalue weighted by molar-refractivity contribution is 0.576. The van der Waals surface area contributed by atoms with Crippen LogP contribution in [0, 0.1) is 5.92 Å². The highest BCUT2D eigenvalue weighted by Crippen LogP contribution is 2.00. The summed E-state index contributed by atoms with van der Waals surface area (Å²) in [5.74, 6) is 0.898. The Hall–Kier alpha value is -0.460. The highest BCUT2D eigenvalue weighted by atomic mass is 14.8. The molecule has 0 aliphatic carbocycles. The SMILES string of the molecule is C=CNCCCCC.CCCC(C)C. The van der Waals surface area contributed by atoms with Gasteiger partial charge in [0.1, 0.15) is 0 Å². The highest BCUT2D eigenvalue weighted by Gasteiger charge is 1.85. The molecule has 0 heterocycles. The van der Waals surface area contributed by atoms with Gasteiger partial charge >= 0.3 is 0 Å². The fourth-order valence-electron chi connectivity index (χ4n) is 1.16. The Labute approximate surface area is 91.0 Å². The molecule has 0 bridgehead atoms. The molecular formula is C13H29N. The van der Waals surface area contributed by atoms with Gasteiger partial charge in [0.2, 0.25) is 0 Å². The van der Waals surface area contributed by atoms with Crippen LogP contribution in [0.15, 0.2) is 12.8 Å². The third-order valence-corrected chi connectivity index (χ3v) is 1.94. The van der Waals surface area contributed by atoms with Gasteiger partial charge in [0.25, 0.3) is 0 Å². The maximum Gasteiger partial charge on any atom is 0.0141 e. The van der Waals surface area contributed by atoms with Crippen LogP contribution in [0.1, 0.15) is 59.8 Å². The van der Waals surface area contributed by atoms with E-state index >= 15 is 0 Å². The normalized spacial score (nSPS) is 9.21. The molecule has 0 aromatic rings. The number of rotatable bonds is 7. The largest absolute Gasteiger partial charge is 0.391 e. The standard InChI is InChI=1S/C7H15N.C6H14/c1-3-5-6-7-8-4-2;1-4-5-6(2)3/h4,8H,2-3,5-7H2,1H3;6H,4-5H2,1-3H3. The summed E-state index contributed by atoms with van der Waals surface area (Å²) in [7, 11) is 0. The maximum absolute atomic E-state index is 3.55. The molecule has 1 N–H and O–H groups in total. The van der Waals surface area contributed by atoms with Gasteiger partial charge < -0.3 is 5.32 Å². The summed E-state index contributed by atoms with van der Waals surface area (Å²) in [6.45, 7) is 13.6. The van der Waals surface area contributed by atoms with Crippen molar-refractivity contribution in [1.82, 2.24) is 5.32 Å². The van der Waals surface area contributed by atoms with Gasteiger partial charge in [-0.1, -0.05) is 60.0 Å². The molecule has 0 radical (unpaired) electrons. The van der Waals surface area contributed by atoms with Gasteiger partial charge in [0.15, 0.2) is 0 Å². The molecule has 0 aliphatic heterocycles. The van der Waals surface area contributed by atoms with Crippen LogP contribution < -0.4 is 5.32 Å². The van der Waals surface area contributed by atoms with Crippen LogP contribution in [0.25, 0.3) is 0 Å². The summed E-state index contributed by atoms with van der Waals surface area (Å²) in [5, 5.41) is 3.05. The van der Waals surface area contributed by atoms with Gasteiger partial charge in [-0.2, -0.15) is 0 Å². The summed E-state index contributed by atoms with van der Waals surface area (Å²) < 4.78 is 0. The Bertz CT molecular complexity index is 97.4. The highest BCUT2D eigenvalue weighted by molar-refractivity contribution is 4.61. The zero-order valence-electron chi connectivity index (χ0n) is 10.6. The second-order valence-electron chi connectivity index (χ2n) is 4.05. The second-order valence-corrected chi connectivity index (χ2v) is 4.05. The molecule has 0 unspecified atom stereocenters. The molecule has 1 heteroatoms. The first-order valence-electron chi connectivity index (χ1n) is 6.03. The number of nitrogens with one attached hydrogen (secondary N) is 1. The Kier molecular flexibility index (Phi) is 17.2. The summed E-state index contributed by atoms with van der Waals surface area (Å²) in [4.78, 5) is 0. The van der Waals surface area contributed by atoms with Gasteiger partial charge in [-0.25, -0.2) is 0 Å². The molecule has 0 saturated carbocycles. The lowest BCUT2D eigenvalue weighted by Gasteiger charge is -1.95. The smallest absolute Gasteiger partial charge is 0.0141 e. The van der Waals surface area contributed by atoms with Crippen molar-refractivity contribution in [3.63, 3.8) is 0 Å². The van der Waals surface area contributed by atoms with Crippen LogP contribution in [0.2, 0.25) is 0 Å². The van der Waals surface area contributed by atoms with Crippen molar-refractivity contribution < 1.29 is 0 Å². The van der Waals surface area contributed by atoms with E-state index in [9.17, 15) is 0 Å². The molecule has 0 saturated heterocycles. The van der Waals surface area contributed by atoms with E-state index in [4.69, 9.17) is 0 Å². The molecule has 0 amide bonds. The van der Waals surface area contributed by atoms with Gasteiger partial charge in [-0.3, -0.25) is 0 Å². The van der Waals surface area contributed by atoms with Crippen LogP contribution in [0.3, 0.4) is 0 Å². The van der Waals surface area contributed by atoms with Crippen LogP contribution in [-0.2, 0) is 0 Å². The van der Waals surface area contributed by atoms with Crippen LogP contribution in [-0.4, -0.2) is 6.54 Å². The summed E-state index contributed by atoms with van der Waals surface area (Å²) in [5.41, 5.74) is 0. The van der Waals surface area contributed by atoms with E-state index in [0.717, 1.165) is 12.5 Å². The van der Waals surface area contributed by atoms with Crippen molar-refractivity contribution in [3.8, 4) is 0 Å². The first-order chi connectivity index (χ1) is 6.68. The van der Waals surface area contributed by atoms with E-state index in [1.165, 1.54) is 32.1 Å². The molecule has 0 spiro atoms. The molecule has 0 rings (SSSR count). The first-order valence-corrected chi connectivity index (χ1v) is 6.03. The van der Waals surface area contributed by atoms with Crippen LogP contribution >= 0.6 is 0 Å². The fourth-order valence-corrected chi connectivity index (χ4v) is 1.16. The van der Waals surface area contributed by atoms with E-state index in [2.05, 4.69) is 39.6 Å². The predicted octanol–water partition coefficient (Wildman–Crippen LogP) is 4.35. The van der Waals surface area contributed by atoms with E-state index in [1.54, 1.807) is 6.20 Å².